The predicted molar refractivity (Wildman–Crippen MR) is 74.1 cm³/mol. The minimum atomic E-state index is -0.331. The van der Waals surface area contributed by atoms with E-state index >= 15 is 0 Å². The number of rotatable bonds is 7. The van der Waals surface area contributed by atoms with Crippen LogP contribution in [0, 0.1) is 0 Å². The molecule has 0 aliphatic heterocycles. The first kappa shape index (κ1) is 15.0. The van der Waals surface area contributed by atoms with Gasteiger partial charge in [0.15, 0.2) is 0 Å². The summed E-state index contributed by atoms with van der Waals surface area (Å²) in [7, 11) is 0. The highest BCUT2D eigenvalue weighted by Crippen LogP contribution is 2.12. The predicted octanol–water partition coefficient (Wildman–Crippen LogP) is 3.28. The number of unbranched alkanes of at least 4 members (excludes halogenated alkanes) is 1. The van der Waals surface area contributed by atoms with Crippen LogP contribution in [0.1, 0.15) is 37.0 Å². The standard InChI is InChI=1S/C14H20ClNO2/c1-3-4-8-16-10-11(2)18-14(17)12-6-5-7-13(15)9-12/h5-7,9,11,16H,3-4,8,10H2,1-2H3. The van der Waals surface area contributed by atoms with Crippen molar-refractivity contribution in [2.75, 3.05) is 13.1 Å². The van der Waals surface area contributed by atoms with Crippen molar-refractivity contribution in [3.63, 3.8) is 0 Å². The molecule has 0 radical (unpaired) electrons. The number of ether oxygens (including phenoxy) is 1. The Bertz CT molecular complexity index is 382. The molecule has 0 saturated carbocycles. The molecule has 1 N–H and O–H groups in total. The van der Waals surface area contributed by atoms with E-state index in [1.54, 1.807) is 24.3 Å². The molecule has 0 bridgehead atoms. The van der Waals surface area contributed by atoms with Gasteiger partial charge in [0.25, 0.3) is 0 Å². The van der Waals surface area contributed by atoms with Crippen molar-refractivity contribution < 1.29 is 9.53 Å². The highest BCUT2D eigenvalue weighted by atomic mass is 35.5. The van der Waals surface area contributed by atoms with Crippen molar-refractivity contribution in [2.24, 2.45) is 0 Å². The van der Waals surface area contributed by atoms with Crippen molar-refractivity contribution >= 4 is 17.6 Å². The molecule has 3 nitrogen and oxygen atoms in total. The van der Waals surface area contributed by atoms with Gasteiger partial charge in [-0.1, -0.05) is 31.0 Å². The second-order valence-electron chi connectivity index (χ2n) is 4.28. The van der Waals surface area contributed by atoms with Crippen LogP contribution in [0.3, 0.4) is 0 Å². The molecule has 4 heteroatoms. The zero-order valence-corrected chi connectivity index (χ0v) is 11.7. The Kier molecular flexibility index (Phi) is 6.76. The molecule has 0 fully saturated rings. The van der Waals surface area contributed by atoms with E-state index in [2.05, 4.69) is 12.2 Å². The lowest BCUT2D eigenvalue weighted by molar-refractivity contribution is 0.0342. The molecule has 0 saturated heterocycles. The van der Waals surface area contributed by atoms with Crippen LogP contribution in [0.25, 0.3) is 0 Å². The Morgan fingerprint density at radius 1 is 1.50 bits per heavy atom. The van der Waals surface area contributed by atoms with E-state index in [1.165, 1.54) is 0 Å². The van der Waals surface area contributed by atoms with Gasteiger partial charge in [-0.05, 0) is 38.1 Å². The number of nitrogens with one attached hydrogen (secondary N) is 1. The summed E-state index contributed by atoms with van der Waals surface area (Å²) in [5.74, 6) is -0.331. The first-order valence-corrected chi connectivity index (χ1v) is 6.68. The Labute approximate surface area is 113 Å². The lowest BCUT2D eigenvalue weighted by Gasteiger charge is -2.14. The molecule has 1 aromatic rings. The summed E-state index contributed by atoms with van der Waals surface area (Å²) in [6.45, 7) is 5.65. The smallest absolute Gasteiger partial charge is 0.338 e. The van der Waals surface area contributed by atoms with Gasteiger partial charge in [-0.3, -0.25) is 0 Å². The lowest BCUT2D eigenvalue weighted by Crippen LogP contribution is -2.29. The third-order valence-electron chi connectivity index (χ3n) is 2.51. The maximum atomic E-state index is 11.8. The molecule has 0 heterocycles. The second kappa shape index (κ2) is 8.11. The molecular formula is C14H20ClNO2. The quantitative estimate of drug-likeness (QED) is 0.610. The summed E-state index contributed by atoms with van der Waals surface area (Å²) in [5.41, 5.74) is 0.489. The molecule has 100 valence electrons. The summed E-state index contributed by atoms with van der Waals surface area (Å²) < 4.78 is 5.31. The molecule has 0 aliphatic rings. The fourth-order valence-corrected chi connectivity index (χ4v) is 1.71. The molecule has 18 heavy (non-hydrogen) atoms. The van der Waals surface area contributed by atoms with Crippen molar-refractivity contribution in [1.82, 2.24) is 5.32 Å². The Balaban J connectivity index is 2.35. The van der Waals surface area contributed by atoms with Crippen molar-refractivity contribution in [3.8, 4) is 0 Å². The first-order chi connectivity index (χ1) is 8.63. The zero-order valence-electron chi connectivity index (χ0n) is 10.9. The molecule has 1 aromatic carbocycles. The SMILES string of the molecule is CCCCNCC(C)OC(=O)c1cccc(Cl)c1. The van der Waals surface area contributed by atoms with Gasteiger partial charge in [0, 0.05) is 11.6 Å². The van der Waals surface area contributed by atoms with Gasteiger partial charge in [-0.15, -0.1) is 0 Å². The normalized spacial score (nSPS) is 12.2. The minimum Gasteiger partial charge on any atom is -0.458 e. The van der Waals surface area contributed by atoms with E-state index < -0.39 is 0 Å². The van der Waals surface area contributed by atoms with Gasteiger partial charge >= 0.3 is 5.97 Å². The summed E-state index contributed by atoms with van der Waals surface area (Å²) in [6.07, 6.45) is 2.15. The van der Waals surface area contributed by atoms with Gasteiger partial charge in [-0.25, -0.2) is 4.79 Å². The van der Waals surface area contributed by atoms with Gasteiger partial charge < -0.3 is 10.1 Å². The number of halogens is 1. The zero-order chi connectivity index (χ0) is 13.4. The van der Waals surface area contributed by atoms with E-state index in [1.807, 2.05) is 6.92 Å². The number of carbonyl (C=O) groups excluding carboxylic acids is 1. The van der Waals surface area contributed by atoms with E-state index in [4.69, 9.17) is 16.3 Å². The maximum Gasteiger partial charge on any atom is 0.338 e. The molecule has 0 aromatic heterocycles. The maximum absolute atomic E-state index is 11.8. The highest BCUT2D eigenvalue weighted by molar-refractivity contribution is 6.30. The largest absolute Gasteiger partial charge is 0.458 e. The molecule has 0 spiro atoms. The fraction of sp³-hybridized carbons (Fsp3) is 0.500. The van der Waals surface area contributed by atoms with E-state index in [0.717, 1.165) is 19.4 Å². The Hall–Kier alpha value is -1.06. The van der Waals surface area contributed by atoms with Crippen LogP contribution in [0.5, 0.6) is 0 Å². The van der Waals surface area contributed by atoms with E-state index in [0.29, 0.717) is 17.1 Å². The summed E-state index contributed by atoms with van der Waals surface area (Å²) in [6, 6.07) is 6.78. The second-order valence-corrected chi connectivity index (χ2v) is 4.72. The van der Waals surface area contributed by atoms with Gasteiger partial charge in [0.1, 0.15) is 6.10 Å². The number of hydrogen-bond acceptors (Lipinski definition) is 3. The van der Waals surface area contributed by atoms with Gasteiger partial charge in [0.05, 0.1) is 5.56 Å². The van der Waals surface area contributed by atoms with E-state index in [9.17, 15) is 4.79 Å². The molecule has 0 amide bonds. The third kappa shape index (κ3) is 5.52. The molecule has 1 atom stereocenters. The number of esters is 1. The highest BCUT2D eigenvalue weighted by Gasteiger charge is 2.11. The number of benzene rings is 1. The number of hydrogen-bond donors (Lipinski definition) is 1. The van der Waals surface area contributed by atoms with Crippen molar-refractivity contribution in [2.45, 2.75) is 32.8 Å². The minimum absolute atomic E-state index is 0.145. The van der Waals surface area contributed by atoms with Crippen LogP contribution in [0.4, 0.5) is 0 Å². The average Bonchev–Trinajstić information content (AvgIpc) is 2.34. The van der Waals surface area contributed by atoms with Crippen LogP contribution < -0.4 is 5.32 Å². The third-order valence-corrected chi connectivity index (χ3v) is 2.74. The van der Waals surface area contributed by atoms with Crippen LogP contribution in [0.2, 0.25) is 5.02 Å². The molecule has 1 unspecified atom stereocenters. The average molecular weight is 270 g/mol. The number of carbonyl (C=O) groups is 1. The molecule has 0 aliphatic carbocycles. The fourth-order valence-electron chi connectivity index (χ4n) is 1.51. The first-order valence-electron chi connectivity index (χ1n) is 6.30. The Morgan fingerprint density at radius 3 is 2.94 bits per heavy atom. The molecule has 1 rings (SSSR count). The van der Waals surface area contributed by atoms with Crippen LogP contribution in [-0.2, 0) is 4.74 Å². The van der Waals surface area contributed by atoms with Crippen LogP contribution >= 0.6 is 11.6 Å². The summed E-state index contributed by atoms with van der Waals surface area (Å²) >= 11 is 5.82. The summed E-state index contributed by atoms with van der Waals surface area (Å²) in [4.78, 5) is 11.8. The lowest BCUT2D eigenvalue weighted by atomic mass is 10.2. The van der Waals surface area contributed by atoms with Crippen molar-refractivity contribution in [1.29, 1.82) is 0 Å². The van der Waals surface area contributed by atoms with Gasteiger partial charge in [-0.2, -0.15) is 0 Å². The Morgan fingerprint density at radius 2 is 2.28 bits per heavy atom. The van der Waals surface area contributed by atoms with E-state index in [-0.39, 0.29) is 12.1 Å². The molecular weight excluding hydrogens is 250 g/mol. The monoisotopic (exact) mass is 269 g/mol. The van der Waals surface area contributed by atoms with Crippen LogP contribution in [-0.4, -0.2) is 25.2 Å². The van der Waals surface area contributed by atoms with Crippen molar-refractivity contribution in [3.05, 3.63) is 34.9 Å². The van der Waals surface area contributed by atoms with Crippen LogP contribution in [0.15, 0.2) is 24.3 Å². The van der Waals surface area contributed by atoms with Gasteiger partial charge in [0.2, 0.25) is 0 Å². The topological polar surface area (TPSA) is 38.3 Å². The summed E-state index contributed by atoms with van der Waals surface area (Å²) in [5, 5.41) is 3.79.